The van der Waals surface area contributed by atoms with Gasteiger partial charge < -0.3 is 10.2 Å². The van der Waals surface area contributed by atoms with E-state index in [9.17, 15) is 10.2 Å². The number of hydrogen-bond donors (Lipinski definition) is 2. The summed E-state index contributed by atoms with van der Waals surface area (Å²) >= 11 is 0. The van der Waals surface area contributed by atoms with Gasteiger partial charge in [0.15, 0.2) is 0 Å². The van der Waals surface area contributed by atoms with Gasteiger partial charge in [0.1, 0.15) is 0 Å². The Morgan fingerprint density at radius 1 is 0.719 bits per heavy atom. The van der Waals surface area contributed by atoms with Crippen molar-refractivity contribution in [3.05, 3.63) is 11.8 Å². The second kappa shape index (κ2) is 6.58. The topological polar surface area (TPSA) is 40.5 Å². The molecule has 0 bridgehead atoms. The summed E-state index contributed by atoms with van der Waals surface area (Å²) in [4.78, 5) is 0. The van der Waals surface area contributed by atoms with Crippen molar-refractivity contribution < 1.29 is 10.2 Å². The Morgan fingerprint density at radius 2 is 1.41 bits per heavy atom. The molecular formula is C30H50O2. The summed E-state index contributed by atoms with van der Waals surface area (Å²) in [6.07, 6.45) is 12.9. The first-order valence-corrected chi connectivity index (χ1v) is 13.7. The van der Waals surface area contributed by atoms with Crippen LogP contribution in [0.25, 0.3) is 0 Å². The number of fused-ring (bicyclic) bond motifs is 7. The molecule has 2 heteroatoms. The second-order valence-electron chi connectivity index (χ2n) is 15.4. The summed E-state index contributed by atoms with van der Waals surface area (Å²) in [7, 11) is 0. The van der Waals surface area contributed by atoms with Crippen LogP contribution in [0.4, 0.5) is 0 Å². The van der Waals surface area contributed by atoms with Crippen LogP contribution in [0.1, 0.15) is 113 Å². The quantitative estimate of drug-likeness (QED) is 0.400. The summed E-state index contributed by atoms with van der Waals surface area (Å²) in [5.74, 6) is 3.22. The molecule has 4 saturated carbocycles. The monoisotopic (exact) mass is 442 g/mol. The molecule has 0 spiro atoms. The highest BCUT2D eigenvalue weighted by Crippen LogP contribution is 2.76. The van der Waals surface area contributed by atoms with E-state index in [1.54, 1.807) is 0 Å². The van der Waals surface area contributed by atoms with Crippen LogP contribution in [-0.2, 0) is 0 Å². The van der Waals surface area contributed by atoms with E-state index in [1.165, 1.54) is 44.9 Å². The van der Waals surface area contributed by atoms with E-state index in [0.717, 1.165) is 18.8 Å². The fourth-order valence-corrected chi connectivity index (χ4v) is 11.0. The first kappa shape index (κ1) is 23.3. The first-order chi connectivity index (χ1) is 14.6. The van der Waals surface area contributed by atoms with E-state index < -0.39 is 0 Å². The van der Waals surface area contributed by atoms with Crippen LogP contribution >= 0.6 is 0 Å². The van der Waals surface area contributed by atoms with Gasteiger partial charge >= 0.3 is 0 Å². The van der Waals surface area contributed by atoms with Crippen LogP contribution in [0.5, 0.6) is 0 Å². The molecule has 2 unspecified atom stereocenters. The van der Waals surface area contributed by atoms with Gasteiger partial charge in [-0.1, -0.05) is 55.4 Å². The van der Waals surface area contributed by atoms with Crippen molar-refractivity contribution in [1.82, 2.24) is 0 Å². The molecule has 0 aliphatic heterocycles. The maximum Gasteiger partial charge on any atom is 0.0942 e. The third-order valence-electron chi connectivity index (χ3n) is 13.3. The Bertz CT molecular complexity index is 825. The molecule has 4 fully saturated rings. The van der Waals surface area contributed by atoms with Gasteiger partial charge in [0.25, 0.3) is 0 Å². The molecule has 0 aromatic carbocycles. The van der Waals surface area contributed by atoms with Gasteiger partial charge in [0, 0.05) is 5.41 Å². The molecule has 0 aromatic rings. The van der Waals surface area contributed by atoms with Gasteiger partial charge in [0.2, 0.25) is 0 Å². The molecule has 5 aliphatic rings. The third kappa shape index (κ3) is 2.68. The van der Waals surface area contributed by atoms with Gasteiger partial charge in [-0.3, -0.25) is 0 Å². The molecule has 0 aromatic heterocycles. The van der Waals surface area contributed by atoms with E-state index in [-0.39, 0.29) is 33.2 Å². The Balaban J connectivity index is 1.57. The highest BCUT2D eigenvalue weighted by molar-refractivity contribution is 5.23. The first-order valence-electron chi connectivity index (χ1n) is 13.7. The highest BCUT2D eigenvalue weighted by atomic mass is 16.3. The lowest BCUT2D eigenvalue weighted by atomic mass is 9.31. The average Bonchev–Trinajstić information content (AvgIpc) is 2.68. The number of aliphatic hydroxyl groups is 2. The summed E-state index contributed by atoms with van der Waals surface area (Å²) in [5.41, 5.74) is 1.10. The maximum atomic E-state index is 11.7. The predicted octanol–water partition coefficient (Wildman–Crippen LogP) is 7.91. The molecular weight excluding hydrogens is 392 g/mol. The standard InChI is InChI=1S/C30H50O2/c1-25(2)15-16-27(5)20(17-25)19-9-10-22-28(6)13-12-23(31)26(3,4)21(28)11-14-29(22,7)30(19,8)18-24(27)32/h12,19-22,24,31-32H,9-11,13-18H2,1-8H3/t19-,20-,21?,22-,24?,27+,28+,29-,30-/m1/s1. The van der Waals surface area contributed by atoms with Gasteiger partial charge in [-0.25, -0.2) is 0 Å². The highest BCUT2D eigenvalue weighted by Gasteiger charge is 2.70. The number of hydrogen-bond acceptors (Lipinski definition) is 2. The van der Waals surface area contributed by atoms with Crippen LogP contribution in [-0.4, -0.2) is 16.3 Å². The minimum absolute atomic E-state index is 0.103. The fraction of sp³-hybridized carbons (Fsp3) is 0.933. The number of rotatable bonds is 0. The predicted molar refractivity (Wildman–Crippen MR) is 132 cm³/mol. The Morgan fingerprint density at radius 3 is 2.09 bits per heavy atom. The van der Waals surface area contributed by atoms with Crippen molar-refractivity contribution in [2.24, 2.45) is 56.2 Å². The van der Waals surface area contributed by atoms with Crippen LogP contribution in [0.2, 0.25) is 0 Å². The van der Waals surface area contributed by atoms with Gasteiger partial charge in [-0.15, -0.1) is 0 Å². The largest absolute Gasteiger partial charge is 0.512 e. The van der Waals surface area contributed by atoms with E-state index in [4.69, 9.17) is 0 Å². The van der Waals surface area contributed by atoms with Crippen molar-refractivity contribution in [3.8, 4) is 0 Å². The molecule has 0 amide bonds. The zero-order valence-corrected chi connectivity index (χ0v) is 22.2. The number of allylic oxidation sites excluding steroid dienone is 2. The Labute approximate surface area is 197 Å². The van der Waals surface area contributed by atoms with Gasteiger partial charge in [0.05, 0.1) is 11.9 Å². The summed E-state index contributed by atoms with van der Waals surface area (Å²) in [5, 5.41) is 22.5. The summed E-state index contributed by atoms with van der Waals surface area (Å²) < 4.78 is 0. The van der Waals surface area contributed by atoms with E-state index in [1.807, 2.05) is 0 Å². The SMILES string of the molecule is CC1(C)CC[C@]2(C)C(O)C[C@]3(C)[C@H](CC[C@@H]4[C@@]5(C)CC=C(O)C(C)(C)C5CC[C@]43C)[C@H]2C1. The molecule has 9 atom stereocenters. The number of aliphatic hydroxyl groups excluding tert-OH is 2. The Kier molecular flexibility index (Phi) is 4.78. The fourth-order valence-electron chi connectivity index (χ4n) is 11.0. The third-order valence-corrected chi connectivity index (χ3v) is 13.3. The molecule has 182 valence electrons. The van der Waals surface area contributed by atoms with E-state index >= 15 is 0 Å². The van der Waals surface area contributed by atoms with E-state index in [2.05, 4.69) is 61.5 Å². The van der Waals surface area contributed by atoms with Crippen LogP contribution in [0, 0.1) is 56.2 Å². The van der Waals surface area contributed by atoms with Gasteiger partial charge in [-0.2, -0.15) is 0 Å². The molecule has 0 heterocycles. The molecule has 0 radical (unpaired) electrons. The van der Waals surface area contributed by atoms with Crippen molar-refractivity contribution in [2.45, 2.75) is 119 Å². The summed E-state index contributed by atoms with van der Waals surface area (Å²) in [6.45, 7) is 19.7. The molecule has 5 rings (SSSR count). The average molecular weight is 443 g/mol. The summed E-state index contributed by atoms with van der Waals surface area (Å²) in [6, 6.07) is 0. The lowest BCUT2D eigenvalue weighted by Crippen LogP contribution is -2.68. The normalized spacial score (nSPS) is 56.2. The molecule has 2 nitrogen and oxygen atoms in total. The maximum absolute atomic E-state index is 11.7. The molecule has 2 N–H and O–H groups in total. The van der Waals surface area contributed by atoms with Crippen molar-refractivity contribution in [3.63, 3.8) is 0 Å². The van der Waals surface area contributed by atoms with Crippen LogP contribution in [0.15, 0.2) is 11.8 Å². The van der Waals surface area contributed by atoms with Gasteiger partial charge in [-0.05, 0) is 115 Å². The van der Waals surface area contributed by atoms with Crippen LogP contribution < -0.4 is 0 Å². The molecule has 32 heavy (non-hydrogen) atoms. The zero-order valence-electron chi connectivity index (χ0n) is 22.2. The smallest absolute Gasteiger partial charge is 0.0942 e. The second-order valence-corrected chi connectivity index (χ2v) is 15.4. The zero-order chi connectivity index (χ0) is 23.5. The Hall–Kier alpha value is -0.500. The lowest BCUT2D eigenvalue weighted by Gasteiger charge is -2.73. The lowest BCUT2D eigenvalue weighted by molar-refractivity contribution is -0.260. The molecule has 5 aliphatic carbocycles. The van der Waals surface area contributed by atoms with Crippen molar-refractivity contribution in [2.75, 3.05) is 0 Å². The van der Waals surface area contributed by atoms with Crippen LogP contribution in [0.3, 0.4) is 0 Å². The minimum atomic E-state index is -0.169. The molecule has 0 saturated heterocycles. The van der Waals surface area contributed by atoms with Crippen molar-refractivity contribution in [1.29, 1.82) is 0 Å². The van der Waals surface area contributed by atoms with E-state index in [0.29, 0.717) is 28.9 Å². The minimum Gasteiger partial charge on any atom is -0.512 e. The van der Waals surface area contributed by atoms with Crippen molar-refractivity contribution >= 4 is 0 Å².